The van der Waals surface area contributed by atoms with Gasteiger partial charge in [-0.3, -0.25) is 14.5 Å². The second kappa shape index (κ2) is 6.77. The molecule has 2 aromatic carbocycles. The van der Waals surface area contributed by atoms with Crippen molar-refractivity contribution in [3.8, 4) is 0 Å². The normalized spacial score (nSPS) is 17.8. The van der Waals surface area contributed by atoms with Crippen LogP contribution in [0.3, 0.4) is 0 Å². The van der Waals surface area contributed by atoms with Gasteiger partial charge >= 0.3 is 0 Å². The molecule has 3 nitrogen and oxygen atoms in total. The summed E-state index contributed by atoms with van der Waals surface area (Å²) in [7, 11) is 0. The number of hydrogen-bond donors (Lipinski definition) is 0. The van der Waals surface area contributed by atoms with Crippen molar-refractivity contribution in [2.24, 2.45) is 0 Å². The summed E-state index contributed by atoms with van der Waals surface area (Å²) in [5, 5.41) is 0.0137. The largest absolute Gasteiger partial charge is 0.289 e. The van der Waals surface area contributed by atoms with Crippen molar-refractivity contribution in [2.75, 3.05) is 0 Å². The van der Waals surface area contributed by atoms with E-state index in [9.17, 15) is 9.59 Å². The molecular weight excluding hydrogens is 330 g/mol. The molecule has 0 bridgehead atoms. The molecule has 23 heavy (non-hydrogen) atoms. The average molecular weight is 346 g/mol. The van der Waals surface area contributed by atoms with E-state index in [1.165, 1.54) is 10.5 Å². The fourth-order valence-corrected chi connectivity index (χ4v) is 3.73. The van der Waals surface area contributed by atoms with Crippen molar-refractivity contribution in [1.82, 2.24) is 4.90 Å². The maximum Gasteiger partial charge on any atom is 0.289 e. The Hall–Kier alpha value is -1.78. The summed E-state index contributed by atoms with van der Waals surface area (Å²) in [5.41, 5.74) is 3.02. The molecule has 1 heterocycles. The number of aryl methyl sites for hydroxylation is 1. The lowest BCUT2D eigenvalue weighted by Gasteiger charge is -2.15. The van der Waals surface area contributed by atoms with E-state index in [0.717, 1.165) is 22.9 Å². The molecule has 0 spiro atoms. The van der Waals surface area contributed by atoms with Gasteiger partial charge in [-0.25, -0.2) is 0 Å². The van der Waals surface area contributed by atoms with Crippen LogP contribution < -0.4 is 0 Å². The van der Waals surface area contributed by atoms with E-state index in [2.05, 4.69) is 0 Å². The summed E-state index contributed by atoms with van der Waals surface area (Å²) in [4.78, 5) is 26.0. The van der Waals surface area contributed by atoms with Crippen LogP contribution in [0.25, 0.3) is 0 Å². The predicted octanol–water partition coefficient (Wildman–Crippen LogP) is 4.46. The van der Waals surface area contributed by atoms with Crippen LogP contribution in [0.5, 0.6) is 0 Å². The highest BCUT2D eigenvalue weighted by atomic mass is 35.5. The van der Waals surface area contributed by atoms with Crippen LogP contribution in [-0.4, -0.2) is 21.3 Å². The fourth-order valence-electron chi connectivity index (χ4n) is 2.51. The zero-order chi connectivity index (χ0) is 16.4. The minimum absolute atomic E-state index is 0.138. The number of carbonyl (C=O) groups excluding carboxylic acids is 2. The van der Waals surface area contributed by atoms with Gasteiger partial charge in [0.2, 0.25) is 5.91 Å². The summed E-state index contributed by atoms with van der Waals surface area (Å²) >= 11 is 7.22. The zero-order valence-electron chi connectivity index (χ0n) is 12.7. The van der Waals surface area contributed by atoms with E-state index in [1.807, 2.05) is 49.4 Å². The van der Waals surface area contributed by atoms with Crippen molar-refractivity contribution in [3.05, 3.63) is 70.2 Å². The molecule has 1 aliphatic rings. The molecule has 0 aromatic heterocycles. The summed E-state index contributed by atoms with van der Waals surface area (Å²) < 4.78 is 0. The number of amides is 2. The van der Waals surface area contributed by atoms with E-state index in [0.29, 0.717) is 11.4 Å². The topological polar surface area (TPSA) is 37.4 Å². The Labute approximate surface area is 144 Å². The SMILES string of the molecule is Cc1ccc(C[C@H]2SC(=O)N(Cc3ccccc3Cl)C2=O)cc1. The van der Waals surface area contributed by atoms with E-state index in [1.54, 1.807) is 6.07 Å². The van der Waals surface area contributed by atoms with Crippen LogP contribution in [0.1, 0.15) is 16.7 Å². The number of rotatable bonds is 4. The second-order valence-corrected chi connectivity index (χ2v) is 7.14. The van der Waals surface area contributed by atoms with Crippen molar-refractivity contribution >= 4 is 34.5 Å². The van der Waals surface area contributed by atoms with Gasteiger partial charge in [0, 0.05) is 5.02 Å². The van der Waals surface area contributed by atoms with Crippen LogP contribution in [0, 0.1) is 6.92 Å². The van der Waals surface area contributed by atoms with E-state index in [-0.39, 0.29) is 22.9 Å². The molecule has 5 heteroatoms. The van der Waals surface area contributed by atoms with Crippen LogP contribution >= 0.6 is 23.4 Å². The molecule has 3 rings (SSSR count). The number of imide groups is 1. The van der Waals surface area contributed by atoms with Crippen molar-refractivity contribution < 1.29 is 9.59 Å². The average Bonchev–Trinajstić information content (AvgIpc) is 2.79. The van der Waals surface area contributed by atoms with Gasteiger partial charge < -0.3 is 0 Å². The Bertz CT molecular complexity index is 745. The van der Waals surface area contributed by atoms with Gasteiger partial charge in [-0.15, -0.1) is 0 Å². The molecule has 1 saturated heterocycles. The highest BCUT2D eigenvalue weighted by Gasteiger charge is 2.39. The Morgan fingerprint density at radius 3 is 2.48 bits per heavy atom. The Balaban J connectivity index is 1.72. The standard InChI is InChI=1S/C18H16ClNO2S/c1-12-6-8-13(9-7-12)10-16-17(21)20(18(22)23-16)11-14-4-2-3-5-15(14)19/h2-9,16H,10-11H2,1H3/t16-/m1/s1. The smallest absolute Gasteiger partial charge is 0.273 e. The van der Waals surface area contributed by atoms with Gasteiger partial charge in [-0.05, 0) is 30.5 Å². The molecule has 1 aliphatic heterocycles. The van der Waals surface area contributed by atoms with Crippen molar-refractivity contribution in [1.29, 1.82) is 0 Å². The Morgan fingerprint density at radius 1 is 1.09 bits per heavy atom. The maximum atomic E-state index is 12.5. The lowest BCUT2D eigenvalue weighted by atomic mass is 10.1. The van der Waals surface area contributed by atoms with Crippen LogP contribution in [0.2, 0.25) is 5.02 Å². The minimum Gasteiger partial charge on any atom is -0.273 e. The number of carbonyl (C=O) groups is 2. The molecule has 0 radical (unpaired) electrons. The summed E-state index contributed by atoms with van der Waals surface area (Å²) in [5.74, 6) is -0.138. The van der Waals surface area contributed by atoms with Crippen LogP contribution in [0.15, 0.2) is 48.5 Å². The van der Waals surface area contributed by atoms with Crippen molar-refractivity contribution in [3.63, 3.8) is 0 Å². The third-order valence-electron chi connectivity index (χ3n) is 3.83. The first-order chi connectivity index (χ1) is 11.0. The van der Waals surface area contributed by atoms with Gasteiger partial charge in [0.25, 0.3) is 5.24 Å². The van der Waals surface area contributed by atoms with E-state index < -0.39 is 0 Å². The summed E-state index contributed by atoms with van der Waals surface area (Å²) in [6.45, 7) is 2.25. The molecule has 2 aromatic rings. The molecule has 0 unspecified atom stereocenters. The third-order valence-corrected chi connectivity index (χ3v) is 5.28. The molecule has 0 saturated carbocycles. The zero-order valence-corrected chi connectivity index (χ0v) is 14.2. The number of nitrogens with zero attached hydrogens (tertiary/aromatic N) is 1. The van der Waals surface area contributed by atoms with Gasteiger partial charge in [0.05, 0.1) is 11.8 Å². The number of benzene rings is 2. The lowest BCUT2D eigenvalue weighted by Crippen LogP contribution is -2.31. The van der Waals surface area contributed by atoms with Gasteiger partial charge in [0.15, 0.2) is 0 Å². The van der Waals surface area contributed by atoms with Crippen LogP contribution in [0.4, 0.5) is 4.79 Å². The maximum absolute atomic E-state index is 12.5. The van der Waals surface area contributed by atoms with Crippen molar-refractivity contribution in [2.45, 2.75) is 25.1 Å². The van der Waals surface area contributed by atoms with E-state index >= 15 is 0 Å². The number of halogens is 1. The highest BCUT2D eigenvalue weighted by Crippen LogP contribution is 2.31. The van der Waals surface area contributed by atoms with Gasteiger partial charge in [0.1, 0.15) is 0 Å². The first-order valence-corrected chi connectivity index (χ1v) is 8.61. The molecule has 1 atom stereocenters. The Morgan fingerprint density at radius 2 is 1.78 bits per heavy atom. The third kappa shape index (κ3) is 3.59. The summed E-state index contributed by atoms with van der Waals surface area (Å²) in [6.07, 6.45) is 0.564. The molecule has 0 N–H and O–H groups in total. The Kier molecular flexibility index (Phi) is 4.74. The van der Waals surface area contributed by atoms with Gasteiger partial charge in [-0.1, -0.05) is 71.4 Å². The molecule has 0 aliphatic carbocycles. The molecule has 1 fully saturated rings. The first kappa shape index (κ1) is 16.1. The van der Waals surface area contributed by atoms with E-state index in [4.69, 9.17) is 11.6 Å². The molecule has 2 amide bonds. The number of thioether (sulfide) groups is 1. The molecule has 118 valence electrons. The number of hydrogen-bond acceptors (Lipinski definition) is 3. The monoisotopic (exact) mass is 345 g/mol. The second-order valence-electron chi connectivity index (χ2n) is 5.58. The van der Waals surface area contributed by atoms with Gasteiger partial charge in [-0.2, -0.15) is 0 Å². The highest BCUT2D eigenvalue weighted by molar-refractivity contribution is 8.15. The predicted molar refractivity (Wildman–Crippen MR) is 93.7 cm³/mol. The molecular formula is C18H16ClNO2S. The first-order valence-electron chi connectivity index (χ1n) is 7.35. The quantitative estimate of drug-likeness (QED) is 0.821. The van der Waals surface area contributed by atoms with Crippen LogP contribution in [-0.2, 0) is 17.8 Å². The lowest BCUT2D eigenvalue weighted by molar-refractivity contribution is -0.127. The summed E-state index contributed by atoms with van der Waals surface area (Å²) in [6, 6.07) is 15.3. The fraction of sp³-hybridized carbons (Fsp3) is 0.222. The minimum atomic E-state index is -0.354.